The van der Waals surface area contributed by atoms with Gasteiger partial charge in [0, 0.05) is 106 Å². The third kappa shape index (κ3) is 13.3. The van der Waals surface area contributed by atoms with Crippen LogP contribution in [-0.4, -0.2) is 11.1 Å². The number of para-hydroxylation sites is 4. The van der Waals surface area contributed by atoms with Gasteiger partial charge in [-0.3, -0.25) is 0 Å². The van der Waals surface area contributed by atoms with Crippen molar-refractivity contribution in [1.82, 2.24) is 0 Å². The number of hydrogen-bond donors (Lipinski definition) is 1. The number of thiophene rings is 2. The molecule has 0 amide bonds. The summed E-state index contributed by atoms with van der Waals surface area (Å²) >= 11 is 21.2. The number of nitrogens with zero attached hydrogens (tertiary/aromatic N) is 3. The van der Waals surface area contributed by atoms with Gasteiger partial charge in [0.1, 0.15) is 11.2 Å². The number of benzene rings is 10. The van der Waals surface area contributed by atoms with Gasteiger partial charge in [-0.2, -0.15) is 0 Å². The second-order valence-corrected chi connectivity index (χ2v) is 43.9. The maximum absolute atomic E-state index is 7.38. The molecule has 20 rings (SSSR count). The van der Waals surface area contributed by atoms with Crippen LogP contribution in [0.5, 0.6) is 0 Å². The van der Waals surface area contributed by atoms with E-state index in [1.54, 1.807) is 11.1 Å². The van der Waals surface area contributed by atoms with Gasteiger partial charge in [0.15, 0.2) is 11.2 Å². The summed E-state index contributed by atoms with van der Waals surface area (Å²) in [5.41, 5.74) is 32.5. The molecular formula is C105H115BrCl2N4O2S2. The third-order valence-electron chi connectivity index (χ3n) is 28.9. The number of nitrogens with two attached hydrogens (primary N) is 1. The van der Waals surface area contributed by atoms with Crippen LogP contribution in [0.3, 0.4) is 0 Å². The Morgan fingerprint density at radius 1 is 0.405 bits per heavy atom. The van der Waals surface area contributed by atoms with Gasteiger partial charge in [-0.1, -0.05) is 245 Å². The molecule has 6 aliphatic rings. The van der Waals surface area contributed by atoms with Crippen molar-refractivity contribution < 1.29 is 8.83 Å². The van der Waals surface area contributed by atoms with Gasteiger partial charge < -0.3 is 29.3 Å². The van der Waals surface area contributed by atoms with Gasteiger partial charge in [-0.05, 0) is 268 Å². The first-order valence-corrected chi connectivity index (χ1v) is 45.7. The van der Waals surface area contributed by atoms with Crippen LogP contribution >= 0.6 is 61.8 Å². The van der Waals surface area contributed by atoms with Crippen LogP contribution in [0.25, 0.3) is 64.0 Å². The number of fused-ring (bicyclic) bond motifs is 16. The summed E-state index contributed by atoms with van der Waals surface area (Å²) in [6.45, 7) is 45.3. The fourth-order valence-corrected chi connectivity index (χ4v) is 24.3. The lowest BCUT2D eigenvalue weighted by Gasteiger charge is -2.50. The lowest BCUT2D eigenvalue weighted by molar-refractivity contribution is 0.194. The summed E-state index contributed by atoms with van der Waals surface area (Å²) in [6.07, 6.45) is 14.8. The Hall–Kier alpha value is -8.02. The predicted molar refractivity (Wildman–Crippen MR) is 506 cm³/mol. The largest absolute Gasteiger partial charge is 0.454 e. The average molecular weight is 1680 g/mol. The first-order chi connectivity index (χ1) is 54.7. The number of anilines is 8. The fraction of sp³-hybridized carbons (Fsp3) is 0.390. The Morgan fingerprint density at radius 3 is 1.35 bits per heavy atom. The van der Waals surface area contributed by atoms with E-state index >= 15 is 0 Å². The Balaban J connectivity index is 0.000000133. The van der Waals surface area contributed by atoms with Crippen LogP contribution in [0, 0.1) is 6.92 Å². The van der Waals surface area contributed by atoms with E-state index in [-0.39, 0.29) is 43.6 Å². The molecule has 2 N–H and O–H groups in total. The molecule has 4 unspecified atom stereocenters. The second-order valence-electron chi connectivity index (χ2n) is 40.4. The van der Waals surface area contributed by atoms with Crippen molar-refractivity contribution in [2.45, 2.75) is 263 Å². The summed E-state index contributed by atoms with van der Waals surface area (Å²) in [7, 11) is 0. The summed E-state index contributed by atoms with van der Waals surface area (Å²) in [5, 5.41) is 13.2. The van der Waals surface area contributed by atoms with E-state index in [1.165, 1.54) is 151 Å². The number of furan rings is 2. The van der Waals surface area contributed by atoms with Crippen molar-refractivity contribution in [3.63, 3.8) is 0 Å². The molecule has 4 aliphatic carbocycles. The van der Waals surface area contributed by atoms with E-state index in [1.807, 2.05) is 71.2 Å². The lowest BCUT2D eigenvalue weighted by atomic mass is 9.61. The van der Waals surface area contributed by atoms with E-state index in [4.69, 9.17) is 37.8 Å². The van der Waals surface area contributed by atoms with Crippen molar-refractivity contribution in [3.05, 3.63) is 257 Å². The molecule has 10 aromatic carbocycles. The minimum Gasteiger partial charge on any atom is -0.454 e. The van der Waals surface area contributed by atoms with E-state index < -0.39 is 0 Å². The molecule has 0 spiro atoms. The first-order valence-electron chi connectivity index (χ1n) is 42.4. The smallest absolute Gasteiger partial charge is 0.159 e. The van der Waals surface area contributed by atoms with Gasteiger partial charge in [0.25, 0.3) is 0 Å². The molecule has 4 atom stereocenters. The Kier molecular flexibility index (Phi) is 19.8. The van der Waals surface area contributed by atoms with Gasteiger partial charge >= 0.3 is 0 Å². The number of nitrogen functional groups attached to an aromatic ring is 1. The molecule has 2 saturated carbocycles. The third-order valence-corrected chi connectivity index (χ3v) is 32.2. The lowest BCUT2D eigenvalue weighted by Crippen LogP contribution is -2.54. The molecule has 4 aromatic heterocycles. The molecular weight excluding hydrogens is 1560 g/mol. The summed E-state index contributed by atoms with van der Waals surface area (Å²) in [5.74, 6) is 0. The average Bonchev–Trinajstić information content (AvgIpc) is 1.50. The molecule has 11 heteroatoms. The van der Waals surface area contributed by atoms with Crippen LogP contribution < -0.4 is 20.4 Å². The van der Waals surface area contributed by atoms with Crippen LogP contribution in [0.4, 0.5) is 45.5 Å². The zero-order valence-electron chi connectivity index (χ0n) is 71.6. The second kappa shape index (κ2) is 28.6. The highest BCUT2D eigenvalue weighted by Crippen LogP contribution is 2.65. The van der Waals surface area contributed by atoms with Crippen molar-refractivity contribution in [3.8, 4) is 0 Å². The molecule has 0 bridgehead atoms. The Labute approximate surface area is 715 Å². The number of hydrogen-bond acceptors (Lipinski definition) is 8. The zero-order valence-corrected chi connectivity index (χ0v) is 76.4. The van der Waals surface area contributed by atoms with Crippen molar-refractivity contribution in [2.75, 3.05) is 20.4 Å². The maximum Gasteiger partial charge on any atom is 0.159 e. The monoisotopic (exact) mass is 1680 g/mol. The summed E-state index contributed by atoms with van der Waals surface area (Å²) in [6, 6.07) is 66.3. The van der Waals surface area contributed by atoms with E-state index in [2.05, 4.69) is 306 Å². The predicted octanol–water partition coefficient (Wildman–Crippen LogP) is 33.2. The summed E-state index contributed by atoms with van der Waals surface area (Å²) in [4.78, 5) is 7.71. The molecule has 6 heterocycles. The molecule has 0 radical (unpaired) electrons. The fourth-order valence-electron chi connectivity index (χ4n) is 21.3. The van der Waals surface area contributed by atoms with E-state index in [0.717, 1.165) is 83.1 Å². The molecule has 2 aliphatic heterocycles. The summed E-state index contributed by atoms with van der Waals surface area (Å²) < 4.78 is 16.4. The molecule has 0 saturated heterocycles. The van der Waals surface area contributed by atoms with Crippen LogP contribution in [0.2, 0.25) is 10.0 Å². The first kappa shape index (κ1) is 80.4. The van der Waals surface area contributed by atoms with Gasteiger partial charge in [-0.15, -0.1) is 22.7 Å². The topological polar surface area (TPSA) is 62.0 Å². The van der Waals surface area contributed by atoms with Crippen molar-refractivity contribution >= 4 is 171 Å². The van der Waals surface area contributed by atoms with Crippen molar-refractivity contribution in [1.29, 1.82) is 0 Å². The van der Waals surface area contributed by atoms with Gasteiger partial charge in [0.2, 0.25) is 0 Å². The highest BCUT2D eigenvalue weighted by molar-refractivity contribution is 9.10. The molecule has 600 valence electrons. The number of aryl methyl sites for hydroxylation is 1. The molecule has 2 fully saturated rings. The maximum atomic E-state index is 7.38. The van der Waals surface area contributed by atoms with E-state index in [9.17, 15) is 0 Å². The van der Waals surface area contributed by atoms with Crippen LogP contribution in [0.1, 0.15) is 252 Å². The zero-order chi connectivity index (χ0) is 82.1. The van der Waals surface area contributed by atoms with Gasteiger partial charge in [0.05, 0.1) is 28.1 Å². The number of rotatable bonds is 5. The Morgan fingerprint density at radius 2 is 0.836 bits per heavy atom. The molecule has 14 aromatic rings. The van der Waals surface area contributed by atoms with Crippen LogP contribution in [0.15, 0.2) is 206 Å². The molecule has 116 heavy (non-hydrogen) atoms. The highest BCUT2D eigenvalue weighted by atomic mass is 79.9. The van der Waals surface area contributed by atoms with Gasteiger partial charge in [-0.25, -0.2) is 0 Å². The SMILES string of the molecule is CC(C)(C)c1ccc2c(c1)C1(C)CCCCC1(C)N2c1cc(Cl)cc(N(c2csc3cc4c(cc23)C(C)(C)CCC4(C)C)c2cccc3c2oc2ccccc23)c1.CC1(C)CCC(C)(C)c2cc3c(Br)csc3cc21.Cc1cc(Cl)cc(N2c3ccc(C(C)(C)C)cc3C3(C)CCCCC23C)c1.Nc1cccc2c1oc1ccccc12. The Bertz CT molecular complexity index is 6210. The minimum atomic E-state index is -0.109. The molecule has 6 nitrogen and oxygen atoms in total. The normalized spacial score (nSPS) is 22.1. The quantitative estimate of drug-likeness (QED) is 0.173. The number of halogens is 3. The van der Waals surface area contributed by atoms with E-state index in [0.29, 0.717) is 16.5 Å². The minimum absolute atomic E-state index is 0.00706. The van der Waals surface area contributed by atoms with Crippen LogP contribution in [-0.2, 0) is 43.3 Å². The van der Waals surface area contributed by atoms with Crippen molar-refractivity contribution in [2.24, 2.45) is 0 Å². The highest BCUT2D eigenvalue weighted by Gasteiger charge is 2.60. The standard InChI is InChI=1S/C52H55ClN2OS.C25H32ClN.C16H19BrS.C12H9NO/c1-48(2,3)32-19-20-42-41(25-32)51(8)21-12-13-22-52(51,9)55(42)35-27-33(53)26-34(28-35)54(43-17-14-16-37-36-15-10-11-18-45(36)56-47(37)43)44-31-57-46-30-40-39(29-38(44)46)49(4,5)23-24-50(40,6)7;1-17-13-19(26)16-20(14-17)27-22-10-9-18(23(2,3)4)15-21(22)24(5)11-7-8-12-25(24,27)6;1-15(2)5-6-16(3,4)12-8-14-10(7-11(12)15)13(17)9-18-14;13-10-6-3-5-9-8-4-1-2-7-11(8)14-12(9)10/h10-11,14-20,25-31H,12-13,21-24H2,1-9H3;9-10,13-16H,7-8,11-12H2,1-6H3;7-9H,5-6H2,1-4H3;1-7H,13H2.